The van der Waals surface area contributed by atoms with Gasteiger partial charge in [-0.1, -0.05) is 0 Å². The largest absolute Gasteiger partial charge is 0.426 e. The van der Waals surface area contributed by atoms with Gasteiger partial charge in [0.1, 0.15) is 0 Å². The van der Waals surface area contributed by atoms with Crippen molar-refractivity contribution in [2.24, 2.45) is 0 Å². The summed E-state index contributed by atoms with van der Waals surface area (Å²) in [5.41, 5.74) is 0. The van der Waals surface area contributed by atoms with Crippen molar-refractivity contribution >= 4 is 0 Å². The molecule has 1 aliphatic rings. The first kappa shape index (κ1) is 8.63. The van der Waals surface area contributed by atoms with E-state index in [4.69, 9.17) is 0 Å². The Morgan fingerprint density at radius 1 is 1.00 bits per heavy atom. The highest BCUT2D eigenvalue weighted by Crippen LogP contribution is 2.55. The summed E-state index contributed by atoms with van der Waals surface area (Å²) in [6, 6.07) is 0. The minimum absolute atomic E-state index is 2.57. The van der Waals surface area contributed by atoms with Crippen LogP contribution >= 0.6 is 0 Å². The van der Waals surface area contributed by atoms with E-state index in [2.05, 4.69) is 4.74 Å². The monoisotopic (exact) mass is 178 g/mol. The van der Waals surface area contributed by atoms with Crippen LogP contribution in [0.5, 0.6) is 0 Å². The summed E-state index contributed by atoms with van der Waals surface area (Å²) >= 11 is 0. The van der Waals surface area contributed by atoms with Crippen LogP contribution in [0, 0.1) is 12.5 Å². The second-order valence-corrected chi connectivity index (χ2v) is 1.78. The first-order chi connectivity index (χ1) is 4.79. The Balaban J connectivity index is 2.92. The molecule has 0 N–H and O–H groups in total. The number of hydrogen-bond donors (Lipinski definition) is 0. The second kappa shape index (κ2) is 2.02. The van der Waals surface area contributed by atoms with Crippen LogP contribution < -0.4 is 0 Å². The van der Waals surface area contributed by atoms with E-state index < -0.39 is 24.6 Å². The van der Waals surface area contributed by atoms with Crippen LogP contribution in [0.15, 0.2) is 0 Å². The van der Waals surface area contributed by atoms with Crippen molar-refractivity contribution in [3.63, 3.8) is 0 Å². The second-order valence-electron chi connectivity index (χ2n) is 1.78. The molecule has 1 nitrogen and oxygen atoms in total. The fourth-order valence-electron chi connectivity index (χ4n) is 0.473. The maximum absolute atomic E-state index is 11.8. The van der Waals surface area contributed by atoms with Gasteiger partial charge in [-0.2, -0.15) is 17.6 Å². The molecule has 0 aromatic heterocycles. The van der Waals surface area contributed by atoms with Crippen molar-refractivity contribution in [2.75, 3.05) is 0 Å². The molecule has 64 valence electrons. The summed E-state index contributed by atoms with van der Waals surface area (Å²) in [6.07, 6.45) is -10.6. The maximum Gasteiger partial charge on any atom is 0.426 e. The van der Waals surface area contributed by atoms with Crippen LogP contribution in [-0.4, -0.2) is 12.0 Å². The highest BCUT2D eigenvalue weighted by atomic mass is 19.3. The molecule has 1 rings (SSSR count). The van der Waals surface area contributed by atoms with Crippen molar-refractivity contribution in [3.05, 3.63) is 12.5 Å². The molecule has 0 unspecified atom stereocenters. The first-order valence-electron chi connectivity index (χ1n) is 2.29. The predicted octanol–water partition coefficient (Wildman–Crippen LogP) is 2.21. The number of rotatable bonds is 0. The highest BCUT2D eigenvalue weighted by Gasteiger charge is 2.75. The minimum atomic E-state index is -5.20. The third-order valence-electron chi connectivity index (χ3n) is 1.03. The van der Waals surface area contributed by atoms with Crippen LogP contribution in [0.25, 0.3) is 0 Å². The minimum Gasteiger partial charge on any atom is -0.269 e. The summed E-state index contributed by atoms with van der Waals surface area (Å²) in [6.45, 7) is 0. The Labute approximate surface area is 56.9 Å². The molecule has 0 aromatic rings. The topological polar surface area (TPSA) is 9.23 Å². The van der Waals surface area contributed by atoms with Gasteiger partial charge in [0.2, 0.25) is 0 Å². The zero-order chi connectivity index (χ0) is 8.86. The van der Waals surface area contributed by atoms with Crippen molar-refractivity contribution in [1.82, 2.24) is 0 Å². The van der Waals surface area contributed by atoms with Crippen LogP contribution in [-0.2, 0) is 4.74 Å². The van der Waals surface area contributed by atoms with Gasteiger partial charge in [-0.3, -0.25) is 4.74 Å². The molecule has 1 saturated heterocycles. The Bertz CT molecular complexity index is 168. The van der Waals surface area contributed by atoms with Crippen molar-refractivity contribution < 1.29 is 31.1 Å². The summed E-state index contributed by atoms with van der Waals surface area (Å²) in [4.78, 5) is 0. The lowest BCUT2D eigenvalue weighted by Gasteiger charge is -2.14. The lowest BCUT2D eigenvalue weighted by Crippen LogP contribution is -2.38. The van der Waals surface area contributed by atoms with Gasteiger partial charge in [-0.15, -0.1) is 0 Å². The number of ether oxygens (including phenoxy) is 1. The summed E-state index contributed by atoms with van der Waals surface area (Å²) in [5.74, 6) is -5.20. The van der Waals surface area contributed by atoms with Crippen LogP contribution in [0.1, 0.15) is 0 Å². The van der Waals surface area contributed by atoms with Gasteiger partial charge in [-0.05, 0) is 0 Å². The van der Waals surface area contributed by atoms with E-state index in [1.54, 1.807) is 0 Å². The molecular formula is C4F6O. The lowest BCUT2D eigenvalue weighted by molar-refractivity contribution is -0.305. The smallest absolute Gasteiger partial charge is 0.269 e. The molecule has 0 atom stereocenters. The normalized spacial score (nSPS) is 31.1. The average molecular weight is 178 g/mol. The molecule has 11 heavy (non-hydrogen) atoms. The number of halogens is 6. The maximum atomic E-state index is 11.8. The van der Waals surface area contributed by atoms with Crippen molar-refractivity contribution in [2.45, 2.75) is 12.0 Å². The molecule has 7 heteroatoms. The number of hydrogen-bond acceptors (Lipinski definition) is 1. The van der Waals surface area contributed by atoms with Crippen LogP contribution in [0.4, 0.5) is 26.3 Å². The molecule has 0 saturated carbocycles. The van der Waals surface area contributed by atoms with Gasteiger partial charge in [0.25, 0.3) is 6.17 Å². The van der Waals surface area contributed by atoms with E-state index in [9.17, 15) is 26.3 Å². The van der Waals surface area contributed by atoms with E-state index in [1.165, 1.54) is 0 Å². The van der Waals surface area contributed by atoms with Crippen molar-refractivity contribution in [1.29, 1.82) is 0 Å². The van der Waals surface area contributed by atoms with Crippen LogP contribution in [0.3, 0.4) is 0 Å². The standard InChI is InChI=1S/C4F6O/c5-1-2(6)11-4(9,10)3(1,7)8. The zero-order valence-electron chi connectivity index (χ0n) is 4.68. The molecule has 0 spiro atoms. The summed E-state index contributed by atoms with van der Waals surface area (Å²) in [7, 11) is 0. The molecular weight excluding hydrogens is 178 g/mol. The average Bonchev–Trinajstić information content (AvgIpc) is 1.93. The Morgan fingerprint density at radius 3 is 1.55 bits per heavy atom. The van der Waals surface area contributed by atoms with Gasteiger partial charge in [-0.25, -0.2) is 8.78 Å². The van der Waals surface area contributed by atoms with Crippen LogP contribution in [0.2, 0.25) is 0 Å². The molecule has 0 bridgehead atoms. The third kappa shape index (κ3) is 0.979. The molecule has 0 amide bonds. The Hall–Kier alpha value is -0.460. The molecule has 0 aliphatic carbocycles. The lowest BCUT2D eigenvalue weighted by atomic mass is 10.2. The van der Waals surface area contributed by atoms with E-state index in [0.29, 0.717) is 0 Å². The fourth-order valence-corrected chi connectivity index (χ4v) is 0.473. The summed E-state index contributed by atoms with van der Waals surface area (Å²) in [5, 5.41) is 0. The van der Waals surface area contributed by atoms with E-state index in [1.807, 2.05) is 0 Å². The summed E-state index contributed by atoms with van der Waals surface area (Å²) < 4.78 is 73.1. The van der Waals surface area contributed by atoms with Gasteiger partial charge in [0.15, 0.2) is 0 Å². The van der Waals surface area contributed by atoms with Gasteiger partial charge < -0.3 is 0 Å². The molecule has 2 radical (unpaired) electrons. The van der Waals surface area contributed by atoms with Gasteiger partial charge >= 0.3 is 18.4 Å². The van der Waals surface area contributed by atoms with E-state index >= 15 is 0 Å². The fraction of sp³-hybridized carbons (Fsp3) is 0.500. The SMILES string of the molecule is F[C]1OC(F)(F)C(F)(F)[C]1F. The molecule has 1 aliphatic heterocycles. The first-order valence-corrected chi connectivity index (χ1v) is 2.29. The van der Waals surface area contributed by atoms with E-state index in [0.717, 1.165) is 0 Å². The zero-order valence-corrected chi connectivity index (χ0v) is 4.68. The Kier molecular flexibility index (Phi) is 1.59. The van der Waals surface area contributed by atoms with E-state index in [-0.39, 0.29) is 0 Å². The molecule has 1 heterocycles. The molecule has 1 fully saturated rings. The number of alkyl halides is 4. The predicted molar refractivity (Wildman–Crippen MR) is 19.7 cm³/mol. The third-order valence-corrected chi connectivity index (χ3v) is 1.03. The Morgan fingerprint density at radius 2 is 1.45 bits per heavy atom. The van der Waals surface area contributed by atoms with Gasteiger partial charge in [0.05, 0.1) is 0 Å². The van der Waals surface area contributed by atoms with Crippen molar-refractivity contribution in [3.8, 4) is 0 Å². The highest BCUT2D eigenvalue weighted by molar-refractivity contribution is 5.15. The quantitative estimate of drug-likeness (QED) is 0.516. The van der Waals surface area contributed by atoms with Gasteiger partial charge in [0, 0.05) is 0 Å². The molecule has 0 aromatic carbocycles.